The summed E-state index contributed by atoms with van der Waals surface area (Å²) in [6.45, 7) is 9.39. The lowest BCUT2D eigenvalue weighted by molar-refractivity contribution is 0.0302. The highest BCUT2D eigenvalue weighted by molar-refractivity contribution is 5.99. The highest BCUT2D eigenvalue weighted by Crippen LogP contribution is 2.21. The molecule has 126 valence electrons. The van der Waals surface area contributed by atoms with E-state index in [2.05, 4.69) is 5.32 Å². The summed E-state index contributed by atoms with van der Waals surface area (Å²) in [5.41, 5.74) is 2.11. The number of urea groups is 1. The lowest BCUT2D eigenvalue weighted by Gasteiger charge is -2.28. The average molecular weight is 319 g/mol. The molecule has 23 heavy (non-hydrogen) atoms. The third-order valence-electron chi connectivity index (χ3n) is 4.15. The number of nitrogens with zero attached hydrogens (tertiary/aromatic N) is 2. The lowest BCUT2D eigenvalue weighted by atomic mass is 10.1. The van der Waals surface area contributed by atoms with E-state index in [0.29, 0.717) is 50.6 Å². The van der Waals surface area contributed by atoms with Crippen LogP contribution < -0.4 is 5.32 Å². The average Bonchev–Trinajstić information content (AvgIpc) is 2.58. The number of carbonyl (C=O) groups excluding carboxylic acids is 2. The van der Waals surface area contributed by atoms with Gasteiger partial charge in [0.05, 0.1) is 13.2 Å². The maximum Gasteiger partial charge on any atom is 0.321 e. The zero-order chi connectivity index (χ0) is 16.8. The molecule has 1 heterocycles. The van der Waals surface area contributed by atoms with Gasteiger partial charge in [0.2, 0.25) is 0 Å². The molecule has 1 aromatic carbocycles. The molecule has 1 N–H and O–H groups in total. The van der Waals surface area contributed by atoms with Crippen LogP contribution in [0.25, 0.3) is 0 Å². The summed E-state index contributed by atoms with van der Waals surface area (Å²) in [5, 5.41) is 2.90. The molecule has 0 aromatic heterocycles. The van der Waals surface area contributed by atoms with E-state index in [1.807, 2.05) is 26.8 Å². The van der Waals surface area contributed by atoms with E-state index >= 15 is 0 Å². The minimum atomic E-state index is -0.144. The van der Waals surface area contributed by atoms with Crippen LogP contribution in [0.3, 0.4) is 0 Å². The number of ether oxygens (including phenoxy) is 1. The van der Waals surface area contributed by atoms with Crippen molar-refractivity contribution in [2.24, 2.45) is 0 Å². The smallest absolute Gasteiger partial charge is 0.321 e. The highest BCUT2D eigenvalue weighted by Gasteiger charge is 2.21. The maximum atomic E-state index is 12.7. The fourth-order valence-corrected chi connectivity index (χ4v) is 2.64. The summed E-state index contributed by atoms with van der Waals surface area (Å²) < 4.78 is 5.29. The first kappa shape index (κ1) is 17.3. The number of hydrogen-bond donors (Lipinski definition) is 1. The number of nitrogens with one attached hydrogen (secondary N) is 1. The Morgan fingerprint density at radius 1 is 1.22 bits per heavy atom. The molecule has 0 aliphatic carbocycles. The third kappa shape index (κ3) is 4.01. The molecular formula is C17H25N3O3. The first-order valence-corrected chi connectivity index (χ1v) is 8.11. The molecule has 0 bridgehead atoms. The molecule has 0 radical (unpaired) electrons. The number of amides is 3. The zero-order valence-corrected chi connectivity index (χ0v) is 14.1. The summed E-state index contributed by atoms with van der Waals surface area (Å²) in [6, 6.07) is 5.29. The van der Waals surface area contributed by atoms with Crippen LogP contribution in [0.2, 0.25) is 0 Å². The SMILES string of the molecule is CCN(CC)C(=O)Nc1cccc(C(=O)N2CCOCC2)c1C. The third-order valence-corrected chi connectivity index (χ3v) is 4.15. The van der Waals surface area contributed by atoms with Crippen molar-refractivity contribution in [2.75, 3.05) is 44.7 Å². The first-order valence-electron chi connectivity index (χ1n) is 8.11. The van der Waals surface area contributed by atoms with Crippen LogP contribution in [0.15, 0.2) is 18.2 Å². The molecule has 1 aromatic rings. The van der Waals surface area contributed by atoms with Gasteiger partial charge in [-0.15, -0.1) is 0 Å². The molecule has 6 heteroatoms. The van der Waals surface area contributed by atoms with Gasteiger partial charge in [0.15, 0.2) is 0 Å². The Morgan fingerprint density at radius 2 is 1.87 bits per heavy atom. The summed E-state index contributed by atoms with van der Waals surface area (Å²) in [4.78, 5) is 28.4. The number of morpholine rings is 1. The molecule has 1 saturated heterocycles. The number of anilines is 1. The van der Waals surface area contributed by atoms with Crippen molar-refractivity contribution in [2.45, 2.75) is 20.8 Å². The predicted octanol–water partition coefficient (Wildman–Crippen LogP) is 2.34. The molecule has 0 saturated carbocycles. The van der Waals surface area contributed by atoms with E-state index in [4.69, 9.17) is 4.74 Å². The van der Waals surface area contributed by atoms with Crippen LogP contribution in [-0.4, -0.2) is 61.1 Å². The Balaban J connectivity index is 2.17. The van der Waals surface area contributed by atoms with Gasteiger partial charge in [0.1, 0.15) is 0 Å². The van der Waals surface area contributed by atoms with Crippen molar-refractivity contribution in [1.29, 1.82) is 0 Å². The first-order chi connectivity index (χ1) is 11.1. The van der Waals surface area contributed by atoms with Gasteiger partial charge < -0.3 is 19.9 Å². The van der Waals surface area contributed by atoms with E-state index in [1.54, 1.807) is 21.9 Å². The van der Waals surface area contributed by atoms with Gasteiger partial charge >= 0.3 is 6.03 Å². The maximum absolute atomic E-state index is 12.7. The monoisotopic (exact) mass is 319 g/mol. The number of carbonyl (C=O) groups is 2. The molecule has 6 nitrogen and oxygen atoms in total. The Hall–Kier alpha value is -2.08. The molecule has 1 fully saturated rings. The van der Waals surface area contributed by atoms with Crippen LogP contribution in [0.4, 0.5) is 10.5 Å². The van der Waals surface area contributed by atoms with Crippen molar-refractivity contribution in [1.82, 2.24) is 9.80 Å². The van der Waals surface area contributed by atoms with Crippen LogP contribution in [-0.2, 0) is 4.74 Å². The molecule has 0 unspecified atom stereocenters. The Kier molecular flexibility index (Phi) is 5.98. The van der Waals surface area contributed by atoms with Gasteiger partial charge in [0, 0.05) is 37.4 Å². The lowest BCUT2D eigenvalue weighted by Crippen LogP contribution is -2.41. The van der Waals surface area contributed by atoms with Gasteiger partial charge in [-0.25, -0.2) is 4.79 Å². The zero-order valence-electron chi connectivity index (χ0n) is 14.1. The summed E-state index contributed by atoms with van der Waals surface area (Å²) in [5.74, 6) is -0.00950. The van der Waals surface area contributed by atoms with Gasteiger partial charge in [-0.05, 0) is 38.5 Å². The second-order valence-electron chi connectivity index (χ2n) is 5.49. The van der Waals surface area contributed by atoms with Gasteiger partial charge in [-0.1, -0.05) is 6.07 Å². The summed E-state index contributed by atoms with van der Waals surface area (Å²) >= 11 is 0. The molecular weight excluding hydrogens is 294 g/mol. The van der Waals surface area contributed by atoms with Crippen molar-refractivity contribution >= 4 is 17.6 Å². The molecule has 2 rings (SSSR count). The van der Waals surface area contributed by atoms with Crippen LogP contribution >= 0.6 is 0 Å². The second-order valence-corrected chi connectivity index (χ2v) is 5.49. The molecule has 1 aliphatic heterocycles. The fraction of sp³-hybridized carbons (Fsp3) is 0.529. The topological polar surface area (TPSA) is 61.9 Å². The fourth-order valence-electron chi connectivity index (χ4n) is 2.64. The Labute approximate surface area is 137 Å². The molecule has 1 aliphatic rings. The summed E-state index contributed by atoms with van der Waals surface area (Å²) in [7, 11) is 0. The van der Waals surface area contributed by atoms with E-state index in [1.165, 1.54) is 0 Å². The predicted molar refractivity (Wildman–Crippen MR) is 89.8 cm³/mol. The number of benzene rings is 1. The van der Waals surface area contributed by atoms with Crippen LogP contribution in [0, 0.1) is 6.92 Å². The molecule has 3 amide bonds. The van der Waals surface area contributed by atoms with Crippen molar-refractivity contribution < 1.29 is 14.3 Å². The van der Waals surface area contributed by atoms with E-state index in [-0.39, 0.29) is 11.9 Å². The Bertz CT molecular complexity index is 564. The second kappa shape index (κ2) is 7.97. The number of rotatable bonds is 4. The quantitative estimate of drug-likeness (QED) is 0.926. The van der Waals surface area contributed by atoms with Crippen LogP contribution in [0.1, 0.15) is 29.8 Å². The van der Waals surface area contributed by atoms with Crippen molar-refractivity contribution in [3.05, 3.63) is 29.3 Å². The molecule has 0 atom stereocenters. The van der Waals surface area contributed by atoms with E-state index in [0.717, 1.165) is 5.56 Å². The molecule has 0 spiro atoms. The van der Waals surface area contributed by atoms with Crippen molar-refractivity contribution in [3.8, 4) is 0 Å². The highest BCUT2D eigenvalue weighted by atomic mass is 16.5. The largest absolute Gasteiger partial charge is 0.378 e. The van der Waals surface area contributed by atoms with E-state index < -0.39 is 0 Å². The van der Waals surface area contributed by atoms with Gasteiger partial charge in [-0.3, -0.25) is 4.79 Å². The van der Waals surface area contributed by atoms with Gasteiger partial charge in [-0.2, -0.15) is 0 Å². The summed E-state index contributed by atoms with van der Waals surface area (Å²) in [6.07, 6.45) is 0. The van der Waals surface area contributed by atoms with Crippen molar-refractivity contribution in [3.63, 3.8) is 0 Å². The standard InChI is InChI=1S/C17H25N3O3/c1-4-19(5-2)17(22)18-15-8-6-7-14(13(15)3)16(21)20-9-11-23-12-10-20/h6-8H,4-5,9-12H2,1-3H3,(H,18,22). The van der Waals surface area contributed by atoms with E-state index in [9.17, 15) is 9.59 Å². The normalized spacial score (nSPS) is 14.5. The van der Waals surface area contributed by atoms with Gasteiger partial charge in [0.25, 0.3) is 5.91 Å². The number of hydrogen-bond acceptors (Lipinski definition) is 3. The minimum Gasteiger partial charge on any atom is -0.378 e. The van der Waals surface area contributed by atoms with Crippen LogP contribution in [0.5, 0.6) is 0 Å². The Morgan fingerprint density at radius 3 is 2.48 bits per heavy atom. The minimum absolute atomic E-state index is 0.00950.